The van der Waals surface area contributed by atoms with Crippen molar-refractivity contribution in [3.05, 3.63) is 82.8 Å². The Hall–Kier alpha value is -3.26. The number of carbonyl (C=O) groups is 1. The van der Waals surface area contributed by atoms with Crippen molar-refractivity contribution >= 4 is 27.8 Å². The predicted molar refractivity (Wildman–Crippen MR) is 113 cm³/mol. The van der Waals surface area contributed by atoms with E-state index in [1.165, 1.54) is 0 Å². The van der Waals surface area contributed by atoms with Crippen molar-refractivity contribution in [2.75, 3.05) is 11.9 Å². The van der Waals surface area contributed by atoms with Crippen molar-refractivity contribution in [3.8, 4) is 11.4 Å². The first kappa shape index (κ1) is 19.1. The Morgan fingerprint density at radius 1 is 1.38 bits per heavy atom. The molecule has 3 aromatic rings. The molecule has 0 aliphatic carbocycles. The lowest BCUT2D eigenvalue weighted by atomic mass is 9.96. The normalized spacial score (nSPS) is 15.4. The van der Waals surface area contributed by atoms with E-state index < -0.39 is 12.0 Å². The van der Waals surface area contributed by atoms with Gasteiger partial charge in [0.1, 0.15) is 12.6 Å². The predicted octanol–water partition coefficient (Wildman–Crippen LogP) is 4.12. The number of halogens is 1. The number of esters is 1. The van der Waals surface area contributed by atoms with Gasteiger partial charge in [-0.05, 0) is 36.8 Å². The van der Waals surface area contributed by atoms with E-state index in [0.29, 0.717) is 23.0 Å². The number of hydrogen-bond donors (Lipinski definition) is 1. The Bertz CT molecular complexity index is 1110. The summed E-state index contributed by atoms with van der Waals surface area (Å²) in [6.45, 7) is 5.57. The van der Waals surface area contributed by atoms with Crippen LogP contribution in [0.15, 0.2) is 77.2 Å². The topological polar surface area (TPSA) is 81.9 Å². The van der Waals surface area contributed by atoms with Crippen LogP contribution in [0.5, 0.6) is 0 Å². The molecule has 0 bridgehead atoms. The van der Waals surface area contributed by atoms with E-state index in [1.54, 1.807) is 23.2 Å². The molecule has 1 aromatic carbocycles. The van der Waals surface area contributed by atoms with E-state index in [2.05, 4.69) is 42.9 Å². The summed E-state index contributed by atoms with van der Waals surface area (Å²) < 4.78 is 7.96. The number of aromatic nitrogens is 4. The molecule has 0 amide bonds. The molecule has 1 aliphatic rings. The van der Waals surface area contributed by atoms with Crippen LogP contribution < -0.4 is 5.32 Å². The van der Waals surface area contributed by atoms with Gasteiger partial charge in [0, 0.05) is 28.1 Å². The molecular weight excluding hydrogens is 434 g/mol. The molecule has 0 spiro atoms. The summed E-state index contributed by atoms with van der Waals surface area (Å²) in [4.78, 5) is 21.6. The molecule has 0 radical (unpaired) electrons. The number of benzene rings is 1. The summed E-state index contributed by atoms with van der Waals surface area (Å²) in [5.41, 5.74) is 2.81. The second-order valence-electron chi connectivity index (χ2n) is 6.45. The molecule has 146 valence electrons. The third-order valence-corrected chi connectivity index (χ3v) is 4.98. The van der Waals surface area contributed by atoms with Crippen molar-refractivity contribution in [3.63, 3.8) is 0 Å². The van der Waals surface area contributed by atoms with Gasteiger partial charge in [0.2, 0.25) is 5.95 Å². The number of fused-ring (bicyclic) bond motifs is 1. The summed E-state index contributed by atoms with van der Waals surface area (Å²) in [6, 6.07) is 11.0. The Morgan fingerprint density at radius 3 is 2.97 bits per heavy atom. The molecule has 2 aromatic heterocycles. The number of nitrogens with one attached hydrogen (secondary N) is 1. The van der Waals surface area contributed by atoms with Gasteiger partial charge in [0.05, 0.1) is 5.57 Å². The summed E-state index contributed by atoms with van der Waals surface area (Å²) in [5, 5.41) is 7.86. The second-order valence-corrected chi connectivity index (χ2v) is 7.37. The minimum absolute atomic E-state index is 0.131. The van der Waals surface area contributed by atoms with Crippen LogP contribution in [-0.2, 0) is 9.53 Å². The molecule has 7 nitrogen and oxygen atoms in total. The molecular formula is C21H18BrN5O2. The first-order chi connectivity index (χ1) is 14.1. The number of anilines is 1. The van der Waals surface area contributed by atoms with Gasteiger partial charge in [-0.3, -0.25) is 4.98 Å². The Morgan fingerprint density at radius 2 is 2.24 bits per heavy atom. The number of pyridine rings is 1. The van der Waals surface area contributed by atoms with Crippen LogP contribution in [-0.4, -0.2) is 32.3 Å². The van der Waals surface area contributed by atoms with Crippen molar-refractivity contribution < 1.29 is 9.53 Å². The smallest absolute Gasteiger partial charge is 0.338 e. The minimum Gasteiger partial charge on any atom is -0.458 e. The maximum atomic E-state index is 12.9. The lowest BCUT2D eigenvalue weighted by Crippen LogP contribution is -2.29. The van der Waals surface area contributed by atoms with Gasteiger partial charge in [-0.2, -0.15) is 4.98 Å². The molecule has 1 atom stereocenters. The molecule has 1 N–H and O–H groups in total. The zero-order chi connectivity index (χ0) is 20.4. The average Bonchev–Trinajstić information content (AvgIpc) is 3.15. The minimum atomic E-state index is -0.487. The third-order valence-electron chi connectivity index (χ3n) is 4.49. The number of nitrogens with zero attached hydrogens (tertiary/aromatic N) is 4. The fourth-order valence-electron chi connectivity index (χ4n) is 3.23. The molecule has 4 rings (SSSR count). The number of carbonyl (C=O) groups excluding carboxylic acids is 1. The van der Waals surface area contributed by atoms with Gasteiger partial charge in [0.25, 0.3) is 0 Å². The fraction of sp³-hybridized carbons (Fsp3) is 0.143. The van der Waals surface area contributed by atoms with Gasteiger partial charge < -0.3 is 10.1 Å². The van der Waals surface area contributed by atoms with Gasteiger partial charge in [-0.25, -0.2) is 9.48 Å². The molecule has 0 unspecified atom stereocenters. The highest BCUT2D eigenvalue weighted by Crippen LogP contribution is 2.37. The van der Waals surface area contributed by atoms with Crippen LogP contribution in [0.25, 0.3) is 11.4 Å². The standard InChI is InChI=1S/C21H18BrN5O2/c1-3-10-29-20(28)17-13(2)24-21-25-19(15-7-5-9-23-12-15)26-27(21)18(17)14-6-4-8-16(22)11-14/h3-9,11-12,18H,1,10H2,2H3,(H,24,25,26)/t18-/m1/s1. The van der Waals surface area contributed by atoms with Gasteiger partial charge in [0.15, 0.2) is 5.82 Å². The summed E-state index contributed by atoms with van der Waals surface area (Å²) in [5.74, 6) is 0.643. The zero-order valence-electron chi connectivity index (χ0n) is 15.7. The van der Waals surface area contributed by atoms with Crippen LogP contribution in [0.3, 0.4) is 0 Å². The van der Waals surface area contributed by atoms with E-state index in [9.17, 15) is 4.79 Å². The average molecular weight is 452 g/mol. The van der Waals surface area contributed by atoms with Crippen LogP contribution in [0.4, 0.5) is 5.95 Å². The lowest BCUT2D eigenvalue weighted by molar-refractivity contribution is -0.138. The molecule has 3 heterocycles. The van der Waals surface area contributed by atoms with Crippen LogP contribution in [0.1, 0.15) is 18.5 Å². The van der Waals surface area contributed by atoms with E-state index in [-0.39, 0.29) is 6.61 Å². The first-order valence-electron chi connectivity index (χ1n) is 8.96. The number of allylic oxidation sites excluding steroid dienone is 1. The molecule has 29 heavy (non-hydrogen) atoms. The van der Waals surface area contributed by atoms with Crippen LogP contribution >= 0.6 is 15.9 Å². The highest BCUT2D eigenvalue weighted by Gasteiger charge is 2.35. The van der Waals surface area contributed by atoms with Crippen molar-refractivity contribution in [1.82, 2.24) is 19.7 Å². The Labute approximate surface area is 176 Å². The monoisotopic (exact) mass is 451 g/mol. The summed E-state index contributed by atoms with van der Waals surface area (Å²) in [6.07, 6.45) is 4.94. The zero-order valence-corrected chi connectivity index (χ0v) is 17.3. The van der Waals surface area contributed by atoms with E-state index in [0.717, 1.165) is 15.6 Å². The van der Waals surface area contributed by atoms with Crippen molar-refractivity contribution in [2.24, 2.45) is 0 Å². The number of hydrogen-bond acceptors (Lipinski definition) is 6. The van der Waals surface area contributed by atoms with E-state index in [4.69, 9.17) is 4.74 Å². The van der Waals surface area contributed by atoms with E-state index in [1.807, 2.05) is 43.3 Å². The number of rotatable bonds is 5. The lowest BCUT2D eigenvalue weighted by Gasteiger charge is -2.28. The Kier molecular flexibility index (Phi) is 5.26. The third kappa shape index (κ3) is 3.71. The van der Waals surface area contributed by atoms with Gasteiger partial charge in [-0.15, -0.1) is 5.10 Å². The number of ether oxygens (including phenoxy) is 1. The quantitative estimate of drug-likeness (QED) is 0.463. The highest BCUT2D eigenvalue weighted by atomic mass is 79.9. The second kappa shape index (κ2) is 8.00. The van der Waals surface area contributed by atoms with Crippen LogP contribution in [0, 0.1) is 0 Å². The summed E-state index contributed by atoms with van der Waals surface area (Å²) in [7, 11) is 0. The van der Waals surface area contributed by atoms with Crippen molar-refractivity contribution in [1.29, 1.82) is 0 Å². The first-order valence-corrected chi connectivity index (χ1v) is 9.76. The largest absolute Gasteiger partial charge is 0.458 e. The van der Waals surface area contributed by atoms with Gasteiger partial charge in [-0.1, -0.05) is 40.7 Å². The highest BCUT2D eigenvalue weighted by molar-refractivity contribution is 9.10. The molecule has 0 fully saturated rings. The van der Waals surface area contributed by atoms with Crippen LogP contribution in [0.2, 0.25) is 0 Å². The Balaban J connectivity index is 1.85. The van der Waals surface area contributed by atoms with Crippen molar-refractivity contribution in [2.45, 2.75) is 13.0 Å². The fourth-order valence-corrected chi connectivity index (χ4v) is 3.65. The maximum absolute atomic E-state index is 12.9. The van der Waals surface area contributed by atoms with E-state index >= 15 is 0 Å². The molecule has 0 saturated heterocycles. The molecule has 0 saturated carbocycles. The molecule has 8 heteroatoms. The molecule has 1 aliphatic heterocycles. The SMILES string of the molecule is C=CCOC(=O)C1=C(C)Nc2nc(-c3cccnc3)nn2[C@@H]1c1cccc(Br)c1. The van der Waals surface area contributed by atoms with Gasteiger partial charge >= 0.3 is 5.97 Å². The maximum Gasteiger partial charge on any atom is 0.338 e. The summed E-state index contributed by atoms with van der Waals surface area (Å²) >= 11 is 3.51.